The van der Waals surface area contributed by atoms with Gasteiger partial charge < -0.3 is 4.42 Å². The lowest BCUT2D eigenvalue weighted by Gasteiger charge is -2.15. The molecule has 0 fully saturated rings. The number of rotatable bonds is 5. The van der Waals surface area contributed by atoms with Gasteiger partial charge in [-0.1, -0.05) is 140 Å². The number of benzene rings is 7. The molecule has 3 nitrogen and oxygen atoms in total. The van der Waals surface area contributed by atoms with Gasteiger partial charge >= 0.3 is 0 Å². The molecule has 0 saturated heterocycles. The van der Waals surface area contributed by atoms with Crippen LogP contribution in [-0.4, -0.2) is 9.97 Å². The van der Waals surface area contributed by atoms with Gasteiger partial charge in [-0.15, -0.1) is 0 Å². The minimum atomic E-state index is 0.698. The molecule has 0 saturated carbocycles. The molecule has 0 spiro atoms. The predicted octanol–water partition coefficient (Wildman–Crippen LogP) is 12.3. The zero-order chi connectivity index (χ0) is 33.0. The van der Waals surface area contributed by atoms with E-state index in [2.05, 4.69) is 133 Å². The molecule has 0 bridgehead atoms. The number of hydrogen-bond donors (Lipinski definition) is 0. The average molecular weight is 639 g/mol. The first-order valence-corrected chi connectivity index (χ1v) is 17.0. The summed E-state index contributed by atoms with van der Waals surface area (Å²) in [6, 6.07) is 59.8. The van der Waals surface area contributed by atoms with E-state index in [1.165, 1.54) is 27.8 Å². The van der Waals surface area contributed by atoms with Crippen LogP contribution in [-0.2, 0) is 6.42 Å². The number of fused-ring (bicyclic) bond motifs is 6. The quantitative estimate of drug-likeness (QED) is 0.188. The minimum Gasteiger partial charge on any atom is -0.455 e. The van der Waals surface area contributed by atoms with Crippen molar-refractivity contribution >= 4 is 21.9 Å². The topological polar surface area (TPSA) is 38.9 Å². The summed E-state index contributed by atoms with van der Waals surface area (Å²) < 4.78 is 6.57. The molecule has 1 aliphatic carbocycles. The highest BCUT2D eigenvalue weighted by Crippen LogP contribution is 2.44. The van der Waals surface area contributed by atoms with Crippen LogP contribution < -0.4 is 0 Å². The second-order valence-electron chi connectivity index (χ2n) is 12.9. The summed E-state index contributed by atoms with van der Waals surface area (Å²) in [4.78, 5) is 10.3. The Hall–Kier alpha value is -6.58. The van der Waals surface area contributed by atoms with Gasteiger partial charge in [0.2, 0.25) is 0 Å². The van der Waals surface area contributed by atoms with Crippen LogP contribution in [0.25, 0.3) is 89.2 Å². The number of aromatic nitrogens is 2. The van der Waals surface area contributed by atoms with E-state index in [-0.39, 0.29) is 0 Å². The molecular formula is C47H30N2O. The molecule has 0 aliphatic heterocycles. The Balaban J connectivity index is 1.24. The lowest BCUT2D eigenvalue weighted by atomic mass is 9.90. The summed E-state index contributed by atoms with van der Waals surface area (Å²) in [6.45, 7) is 0. The van der Waals surface area contributed by atoms with Crippen molar-refractivity contribution in [1.82, 2.24) is 9.97 Å². The largest absolute Gasteiger partial charge is 0.455 e. The van der Waals surface area contributed by atoms with Gasteiger partial charge in [0.05, 0.1) is 11.4 Å². The maximum absolute atomic E-state index is 6.57. The normalized spacial score (nSPS) is 11.9. The van der Waals surface area contributed by atoms with Crippen LogP contribution in [0.2, 0.25) is 0 Å². The van der Waals surface area contributed by atoms with Gasteiger partial charge in [0.1, 0.15) is 11.2 Å². The zero-order valence-corrected chi connectivity index (χ0v) is 27.2. The van der Waals surface area contributed by atoms with Gasteiger partial charge in [-0.2, -0.15) is 0 Å². The fraction of sp³-hybridized carbons (Fsp3) is 0.0213. The van der Waals surface area contributed by atoms with Crippen molar-refractivity contribution in [2.24, 2.45) is 0 Å². The maximum Gasteiger partial charge on any atom is 0.160 e. The van der Waals surface area contributed by atoms with Crippen LogP contribution in [0.1, 0.15) is 11.1 Å². The van der Waals surface area contributed by atoms with E-state index in [1.807, 2.05) is 36.4 Å². The van der Waals surface area contributed by atoms with Crippen LogP contribution in [0, 0.1) is 0 Å². The summed E-state index contributed by atoms with van der Waals surface area (Å²) in [6.07, 6.45) is 0.907. The van der Waals surface area contributed by atoms with Gasteiger partial charge in [0, 0.05) is 33.0 Å². The Bertz CT molecular complexity index is 2670. The predicted molar refractivity (Wildman–Crippen MR) is 205 cm³/mol. The number of para-hydroxylation sites is 2. The first kappa shape index (κ1) is 28.4. The first-order chi connectivity index (χ1) is 24.8. The Kier molecular flexibility index (Phi) is 6.56. The van der Waals surface area contributed by atoms with E-state index in [0.717, 1.165) is 73.1 Å². The molecule has 0 radical (unpaired) electrons. The van der Waals surface area contributed by atoms with Crippen LogP contribution in [0.15, 0.2) is 174 Å². The van der Waals surface area contributed by atoms with Gasteiger partial charge in [0.25, 0.3) is 0 Å². The summed E-state index contributed by atoms with van der Waals surface area (Å²) in [5, 5.41) is 2.23. The van der Waals surface area contributed by atoms with E-state index in [0.29, 0.717) is 5.82 Å². The van der Waals surface area contributed by atoms with Crippen molar-refractivity contribution in [3.05, 3.63) is 181 Å². The third-order valence-electron chi connectivity index (χ3n) is 9.93. The standard InChI is InChI=1S/C47H30N2O/c1-3-13-30(14-4-1)43-29-44(49-47(48-43)31-15-5-2-6-16-31)35-26-33(37-20-11-22-39-36-18-8-7-17-32(36)28-42(37)39)25-34(27-35)38-21-12-23-41-40-19-9-10-24-45(40)50-46(38)41/h1-27,29H,28H2. The van der Waals surface area contributed by atoms with Crippen LogP contribution in [0.5, 0.6) is 0 Å². The monoisotopic (exact) mass is 638 g/mol. The molecule has 2 heterocycles. The van der Waals surface area contributed by atoms with E-state index >= 15 is 0 Å². The van der Waals surface area contributed by atoms with Gasteiger partial charge in [-0.3, -0.25) is 0 Å². The fourth-order valence-corrected chi connectivity index (χ4v) is 7.56. The lowest BCUT2D eigenvalue weighted by molar-refractivity contribution is 0.670. The smallest absolute Gasteiger partial charge is 0.160 e. The highest BCUT2D eigenvalue weighted by molar-refractivity contribution is 6.10. The summed E-state index contributed by atoms with van der Waals surface area (Å²) in [5.41, 5.74) is 16.5. The van der Waals surface area contributed by atoms with E-state index in [1.54, 1.807) is 0 Å². The number of furan rings is 1. The third-order valence-corrected chi connectivity index (χ3v) is 9.93. The molecule has 10 rings (SSSR count). The molecule has 7 aromatic carbocycles. The zero-order valence-electron chi connectivity index (χ0n) is 27.2. The van der Waals surface area contributed by atoms with Crippen LogP contribution >= 0.6 is 0 Å². The van der Waals surface area contributed by atoms with Crippen molar-refractivity contribution in [3.8, 4) is 67.3 Å². The molecule has 0 amide bonds. The second kappa shape index (κ2) is 11.5. The summed E-state index contributed by atoms with van der Waals surface area (Å²) >= 11 is 0. The first-order valence-electron chi connectivity index (χ1n) is 17.0. The highest BCUT2D eigenvalue weighted by atomic mass is 16.3. The van der Waals surface area contributed by atoms with Crippen LogP contribution in [0.3, 0.4) is 0 Å². The highest BCUT2D eigenvalue weighted by Gasteiger charge is 2.23. The lowest BCUT2D eigenvalue weighted by Crippen LogP contribution is -1.97. The van der Waals surface area contributed by atoms with Crippen molar-refractivity contribution in [2.45, 2.75) is 6.42 Å². The van der Waals surface area contributed by atoms with Crippen molar-refractivity contribution in [3.63, 3.8) is 0 Å². The third kappa shape index (κ3) is 4.75. The SMILES string of the molecule is c1ccc(-c2cc(-c3cc(-c4cccc5c4Cc4ccccc4-5)cc(-c4cccc5c4oc4ccccc45)c3)nc(-c3ccccc3)n2)cc1. The number of nitrogens with zero attached hydrogens (tertiary/aromatic N) is 2. The minimum absolute atomic E-state index is 0.698. The van der Waals surface area contributed by atoms with E-state index in [4.69, 9.17) is 14.4 Å². The Morgan fingerprint density at radius 3 is 1.82 bits per heavy atom. The molecule has 50 heavy (non-hydrogen) atoms. The summed E-state index contributed by atoms with van der Waals surface area (Å²) in [5.74, 6) is 0.698. The van der Waals surface area contributed by atoms with Crippen molar-refractivity contribution in [1.29, 1.82) is 0 Å². The molecule has 2 aromatic heterocycles. The molecular weight excluding hydrogens is 609 g/mol. The Labute approximate surface area is 290 Å². The molecule has 3 heteroatoms. The molecule has 0 N–H and O–H groups in total. The maximum atomic E-state index is 6.57. The summed E-state index contributed by atoms with van der Waals surface area (Å²) in [7, 11) is 0. The van der Waals surface area contributed by atoms with E-state index < -0.39 is 0 Å². The van der Waals surface area contributed by atoms with Crippen molar-refractivity contribution < 1.29 is 4.42 Å². The van der Waals surface area contributed by atoms with Gasteiger partial charge in [0.15, 0.2) is 5.82 Å². The average Bonchev–Trinajstić information content (AvgIpc) is 3.77. The fourth-order valence-electron chi connectivity index (χ4n) is 7.56. The molecule has 1 aliphatic rings. The molecule has 234 valence electrons. The second-order valence-corrected chi connectivity index (χ2v) is 12.9. The Morgan fingerprint density at radius 1 is 0.400 bits per heavy atom. The van der Waals surface area contributed by atoms with Crippen LogP contribution in [0.4, 0.5) is 0 Å². The van der Waals surface area contributed by atoms with E-state index in [9.17, 15) is 0 Å². The van der Waals surface area contributed by atoms with Crippen molar-refractivity contribution in [2.75, 3.05) is 0 Å². The van der Waals surface area contributed by atoms with Gasteiger partial charge in [-0.25, -0.2) is 9.97 Å². The van der Waals surface area contributed by atoms with Gasteiger partial charge in [-0.05, 0) is 75.7 Å². The molecule has 0 atom stereocenters. The molecule has 0 unspecified atom stereocenters. The molecule has 9 aromatic rings. The number of hydrogen-bond acceptors (Lipinski definition) is 3. The Morgan fingerprint density at radius 2 is 0.980 bits per heavy atom.